The molecule has 12 aromatic rings. The molecule has 52 heavy (non-hydrogen) atoms. The Morgan fingerprint density at radius 1 is 0.346 bits per heavy atom. The van der Waals surface area contributed by atoms with Crippen LogP contribution in [0.25, 0.3) is 103 Å². The highest BCUT2D eigenvalue weighted by Crippen LogP contribution is 2.42. The molecule has 5 aromatic heterocycles. The maximum Gasteiger partial charge on any atom is 0.0825 e. The molecule has 12 rings (SSSR count). The van der Waals surface area contributed by atoms with Gasteiger partial charge < -0.3 is 13.7 Å². The van der Waals surface area contributed by atoms with Crippen LogP contribution in [-0.2, 0) is 0 Å². The van der Waals surface area contributed by atoms with Crippen molar-refractivity contribution in [2.24, 2.45) is 0 Å². The van der Waals surface area contributed by atoms with Gasteiger partial charge in [0.15, 0.2) is 0 Å². The molecule has 0 fully saturated rings. The summed E-state index contributed by atoms with van der Waals surface area (Å²) in [5.74, 6) is 0. The van der Waals surface area contributed by atoms with E-state index >= 15 is 0 Å². The van der Waals surface area contributed by atoms with Gasteiger partial charge in [0.2, 0.25) is 0 Å². The van der Waals surface area contributed by atoms with Crippen molar-refractivity contribution >= 4 is 96.9 Å². The molecule has 0 saturated carbocycles. The molecule has 0 amide bonds. The monoisotopic (exact) mass is 680 g/mol. The summed E-state index contributed by atoms with van der Waals surface area (Å²) in [7, 11) is 0. The molecule has 0 N–H and O–H groups in total. The first-order valence-corrected chi connectivity index (χ1v) is 18.4. The molecule has 5 heteroatoms. The second kappa shape index (κ2) is 10.4. The maximum absolute atomic E-state index is 4.85. The lowest BCUT2D eigenvalue weighted by atomic mass is 10.1. The van der Waals surface area contributed by atoms with E-state index in [0.717, 1.165) is 17.1 Å². The molecule has 0 saturated heterocycles. The second-order valence-corrected chi connectivity index (χ2v) is 14.7. The Bertz CT molecular complexity index is 3320. The number of para-hydroxylation sites is 5. The van der Waals surface area contributed by atoms with E-state index in [0.29, 0.717) is 0 Å². The second-order valence-electron chi connectivity index (χ2n) is 13.6. The fourth-order valence-electron chi connectivity index (χ4n) is 8.72. The van der Waals surface area contributed by atoms with Crippen LogP contribution in [0, 0.1) is 0 Å². The van der Waals surface area contributed by atoms with Crippen molar-refractivity contribution in [2.75, 3.05) is 0 Å². The summed E-state index contributed by atoms with van der Waals surface area (Å²) in [5, 5.41) is 9.93. The van der Waals surface area contributed by atoms with Crippen molar-refractivity contribution in [3.05, 3.63) is 170 Å². The largest absolute Gasteiger partial charge is 0.309 e. The van der Waals surface area contributed by atoms with Crippen molar-refractivity contribution in [2.45, 2.75) is 0 Å². The molecule has 0 atom stereocenters. The fraction of sp³-hybridized carbons (Fsp3) is 0. The van der Waals surface area contributed by atoms with Gasteiger partial charge in [-0.15, -0.1) is 11.3 Å². The van der Waals surface area contributed by atoms with E-state index < -0.39 is 0 Å². The SMILES string of the molecule is c1ccc2c(c1)c1ccccc1n2-c1ccc2c(c1)c1ccccc1n2-c1ccc2sc3c(-n4c5ccccc5c5ccccc54)cncc3c2c1. The number of rotatable bonds is 3. The zero-order valence-corrected chi connectivity index (χ0v) is 28.7. The van der Waals surface area contributed by atoms with Crippen LogP contribution >= 0.6 is 11.3 Å². The molecule has 0 unspecified atom stereocenters. The van der Waals surface area contributed by atoms with E-state index in [-0.39, 0.29) is 0 Å². The van der Waals surface area contributed by atoms with Crippen molar-refractivity contribution in [1.82, 2.24) is 18.7 Å². The lowest BCUT2D eigenvalue weighted by Crippen LogP contribution is -1.96. The van der Waals surface area contributed by atoms with Gasteiger partial charge in [-0.1, -0.05) is 91.0 Å². The minimum Gasteiger partial charge on any atom is -0.309 e. The minimum absolute atomic E-state index is 1.12. The van der Waals surface area contributed by atoms with Crippen LogP contribution in [0.5, 0.6) is 0 Å². The number of aromatic nitrogens is 4. The van der Waals surface area contributed by atoms with E-state index in [4.69, 9.17) is 4.98 Å². The summed E-state index contributed by atoms with van der Waals surface area (Å²) in [6.45, 7) is 0. The van der Waals surface area contributed by atoms with Gasteiger partial charge >= 0.3 is 0 Å². The molecule has 4 nitrogen and oxygen atoms in total. The van der Waals surface area contributed by atoms with Crippen LogP contribution in [0.15, 0.2) is 170 Å². The predicted octanol–water partition coefficient (Wildman–Crippen LogP) is 12.7. The molecule has 0 aliphatic carbocycles. The van der Waals surface area contributed by atoms with Gasteiger partial charge in [-0.2, -0.15) is 0 Å². The third-order valence-corrected chi connectivity index (χ3v) is 12.1. The highest BCUT2D eigenvalue weighted by atomic mass is 32.1. The zero-order chi connectivity index (χ0) is 33.9. The average Bonchev–Trinajstić information content (AvgIpc) is 3.94. The third kappa shape index (κ3) is 3.72. The van der Waals surface area contributed by atoms with Crippen LogP contribution in [0.2, 0.25) is 0 Å². The maximum atomic E-state index is 4.85. The van der Waals surface area contributed by atoms with Gasteiger partial charge in [-0.05, 0) is 66.7 Å². The van der Waals surface area contributed by atoms with Crippen LogP contribution in [0.1, 0.15) is 0 Å². The quantitative estimate of drug-likeness (QED) is 0.182. The van der Waals surface area contributed by atoms with Gasteiger partial charge in [0.05, 0.1) is 49.7 Å². The first-order chi connectivity index (χ1) is 25.8. The first kappa shape index (κ1) is 28.1. The molecule has 5 heterocycles. The van der Waals surface area contributed by atoms with E-state index in [9.17, 15) is 0 Å². The van der Waals surface area contributed by atoms with E-state index in [1.165, 1.54) is 85.6 Å². The van der Waals surface area contributed by atoms with Crippen molar-refractivity contribution in [3.63, 3.8) is 0 Å². The van der Waals surface area contributed by atoms with Crippen LogP contribution in [0.4, 0.5) is 0 Å². The Morgan fingerprint density at radius 2 is 0.769 bits per heavy atom. The lowest BCUT2D eigenvalue weighted by Gasteiger charge is -2.11. The fourth-order valence-corrected chi connectivity index (χ4v) is 9.88. The molecular formula is C47H28N4S. The number of nitrogens with zero attached hydrogens (tertiary/aromatic N) is 4. The summed E-state index contributed by atoms with van der Waals surface area (Å²) >= 11 is 1.85. The topological polar surface area (TPSA) is 27.7 Å². The molecular weight excluding hydrogens is 653 g/mol. The summed E-state index contributed by atoms with van der Waals surface area (Å²) in [4.78, 5) is 4.85. The normalized spacial score (nSPS) is 12.2. The highest BCUT2D eigenvalue weighted by Gasteiger charge is 2.19. The number of pyridine rings is 1. The Morgan fingerprint density at radius 3 is 1.31 bits per heavy atom. The van der Waals surface area contributed by atoms with Crippen molar-refractivity contribution in [1.29, 1.82) is 0 Å². The van der Waals surface area contributed by atoms with Crippen LogP contribution in [0.3, 0.4) is 0 Å². The van der Waals surface area contributed by atoms with Crippen molar-refractivity contribution < 1.29 is 0 Å². The molecule has 0 spiro atoms. The summed E-state index contributed by atoms with van der Waals surface area (Å²) in [6, 6.07) is 57.5. The minimum atomic E-state index is 1.12. The smallest absolute Gasteiger partial charge is 0.0825 e. The number of benzene rings is 7. The van der Waals surface area contributed by atoms with Gasteiger partial charge in [-0.25, -0.2) is 0 Å². The molecule has 0 aliphatic rings. The molecule has 0 radical (unpaired) electrons. The average molecular weight is 681 g/mol. The third-order valence-electron chi connectivity index (χ3n) is 10.9. The Balaban J connectivity index is 1.08. The number of hydrogen-bond donors (Lipinski definition) is 0. The predicted molar refractivity (Wildman–Crippen MR) is 220 cm³/mol. The standard InChI is InChI=1S/C47H28N4S/c1-6-16-39-31(11-1)32-12-2-7-17-40(32)49(39)29-21-23-44-36(25-29)35-15-5-8-18-41(35)50(44)30-22-24-46-37(26-30)38-27-48-28-45(47(38)52-46)51-42-19-9-3-13-33(42)34-14-4-10-20-43(34)51/h1-28H. The van der Waals surface area contributed by atoms with Gasteiger partial charge in [0.25, 0.3) is 0 Å². The summed E-state index contributed by atoms with van der Waals surface area (Å²) < 4.78 is 9.71. The highest BCUT2D eigenvalue weighted by molar-refractivity contribution is 7.26. The molecule has 0 aliphatic heterocycles. The van der Waals surface area contributed by atoms with Crippen molar-refractivity contribution in [3.8, 4) is 17.1 Å². The molecule has 242 valence electrons. The Kier molecular flexibility index (Phi) is 5.62. The molecule has 0 bridgehead atoms. The molecule has 7 aromatic carbocycles. The first-order valence-electron chi connectivity index (χ1n) is 17.6. The van der Waals surface area contributed by atoms with Gasteiger partial charge in [0, 0.05) is 65.4 Å². The lowest BCUT2D eigenvalue weighted by molar-refractivity contribution is 1.17. The Hall–Kier alpha value is -6.69. The van der Waals surface area contributed by atoms with Crippen LogP contribution < -0.4 is 0 Å². The van der Waals surface area contributed by atoms with Gasteiger partial charge in [0.1, 0.15) is 0 Å². The summed E-state index contributed by atoms with van der Waals surface area (Å²) in [5.41, 5.74) is 10.6. The van der Waals surface area contributed by atoms with Gasteiger partial charge in [-0.3, -0.25) is 4.98 Å². The van der Waals surface area contributed by atoms with E-state index in [2.05, 4.69) is 171 Å². The summed E-state index contributed by atoms with van der Waals surface area (Å²) in [6.07, 6.45) is 4.07. The number of hydrogen-bond acceptors (Lipinski definition) is 2. The number of thiophene rings is 1. The Labute approximate surface area is 301 Å². The number of fused-ring (bicyclic) bond motifs is 12. The zero-order valence-electron chi connectivity index (χ0n) is 27.9. The van der Waals surface area contributed by atoms with E-state index in [1.807, 2.05) is 23.7 Å². The van der Waals surface area contributed by atoms with E-state index in [1.54, 1.807) is 0 Å². The van der Waals surface area contributed by atoms with Crippen LogP contribution in [-0.4, -0.2) is 18.7 Å².